The Labute approximate surface area is 261 Å². The number of carbonyl (C=O) groups is 7. The predicted molar refractivity (Wildman–Crippen MR) is 142 cm³/mol. The van der Waals surface area contributed by atoms with Gasteiger partial charge in [-0.1, -0.05) is 5.11 Å². The average Bonchev–Trinajstić information content (AvgIpc) is 2.91. The van der Waals surface area contributed by atoms with Gasteiger partial charge in [-0.05, 0) is 5.53 Å². The van der Waals surface area contributed by atoms with E-state index in [-0.39, 0.29) is 0 Å². The van der Waals surface area contributed by atoms with Crippen LogP contribution in [0.2, 0.25) is 0 Å². The van der Waals surface area contributed by atoms with E-state index in [1.165, 1.54) is 0 Å². The molecule has 256 valence electrons. The molecule has 2 saturated heterocycles. The maximum Gasteiger partial charge on any atom is 0.304 e. The number of carbonyl (C=O) groups excluding carboxylic acids is 7. The first-order valence-electron chi connectivity index (χ1n) is 13.7. The molecule has 0 radical (unpaired) electrons. The van der Waals surface area contributed by atoms with Gasteiger partial charge in [-0.2, -0.15) is 0 Å². The summed E-state index contributed by atoms with van der Waals surface area (Å²) in [4.78, 5) is 86.6. The van der Waals surface area contributed by atoms with Gasteiger partial charge in [0.2, 0.25) is 6.29 Å². The van der Waals surface area contributed by atoms with Gasteiger partial charge in [-0.25, -0.2) is 0 Å². The van der Waals surface area contributed by atoms with Crippen molar-refractivity contribution in [2.24, 2.45) is 5.11 Å². The van der Waals surface area contributed by atoms with Crippen LogP contribution in [-0.4, -0.2) is 116 Å². The van der Waals surface area contributed by atoms with Crippen molar-refractivity contribution in [3.8, 4) is 0 Å². The zero-order chi connectivity index (χ0) is 34.7. The highest BCUT2D eigenvalue weighted by atomic mass is 16.8. The Balaban J connectivity index is 2.72. The molecule has 0 bridgehead atoms. The molecule has 46 heavy (non-hydrogen) atoms. The topological polar surface area (TPSA) is 261 Å². The highest BCUT2D eigenvalue weighted by Crippen LogP contribution is 2.35. The van der Waals surface area contributed by atoms with Crippen molar-refractivity contribution in [3.05, 3.63) is 10.4 Å². The number of hydrogen-bond donors (Lipinski definition) is 0. The maximum absolute atomic E-state index is 12.2. The Morgan fingerprint density at radius 3 is 1.41 bits per heavy atom. The highest BCUT2D eigenvalue weighted by Gasteiger charge is 2.57. The number of nitrogens with zero attached hydrogens (tertiary/aromatic N) is 3. The minimum absolute atomic E-state index is 0.584. The maximum atomic E-state index is 12.2. The van der Waals surface area contributed by atoms with Crippen molar-refractivity contribution < 1.29 is 80.9 Å². The van der Waals surface area contributed by atoms with Crippen LogP contribution in [0.4, 0.5) is 0 Å². The second-order valence-electron chi connectivity index (χ2n) is 9.89. The smallest absolute Gasteiger partial charge is 0.304 e. The number of esters is 7. The van der Waals surface area contributed by atoms with Crippen molar-refractivity contribution in [3.63, 3.8) is 0 Å². The number of azide groups is 1. The van der Waals surface area contributed by atoms with Crippen molar-refractivity contribution in [1.29, 1.82) is 0 Å². The van der Waals surface area contributed by atoms with E-state index in [0.717, 1.165) is 48.5 Å². The summed E-state index contributed by atoms with van der Waals surface area (Å²) in [6.07, 6.45) is -14.5. The van der Waals surface area contributed by atoms with Crippen LogP contribution < -0.4 is 0 Å². The minimum Gasteiger partial charge on any atom is -0.463 e. The lowest BCUT2D eigenvalue weighted by atomic mass is 9.95. The molecule has 2 aliphatic heterocycles. The number of ether oxygens (including phenoxy) is 10. The second kappa shape index (κ2) is 17.2. The zero-order valence-corrected chi connectivity index (χ0v) is 26.0. The van der Waals surface area contributed by atoms with E-state index < -0.39 is 116 Å². The van der Waals surface area contributed by atoms with Gasteiger partial charge in [0, 0.05) is 53.4 Å². The normalized spacial score (nSPS) is 30.3. The zero-order valence-electron chi connectivity index (χ0n) is 26.0. The third-order valence-corrected chi connectivity index (χ3v) is 6.07. The van der Waals surface area contributed by atoms with E-state index in [4.69, 9.17) is 47.4 Å². The van der Waals surface area contributed by atoms with E-state index in [1.807, 2.05) is 0 Å². The first kappa shape index (κ1) is 37.7. The van der Waals surface area contributed by atoms with Crippen LogP contribution in [0, 0.1) is 0 Å². The molecule has 10 atom stereocenters. The summed E-state index contributed by atoms with van der Waals surface area (Å²) in [7, 11) is 0. The Morgan fingerprint density at radius 1 is 0.543 bits per heavy atom. The van der Waals surface area contributed by atoms with Crippen LogP contribution in [0.1, 0.15) is 48.5 Å². The molecule has 0 aromatic carbocycles. The average molecular weight is 662 g/mol. The summed E-state index contributed by atoms with van der Waals surface area (Å²) in [6.45, 7) is 6.06. The van der Waals surface area contributed by atoms with Crippen molar-refractivity contribution >= 4 is 41.8 Å². The lowest BCUT2D eigenvalue weighted by Crippen LogP contribution is -2.66. The van der Waals surface area contributed by atoms with Crippen LogP contribution in [0.25, 0.3) is 10.4 Å². The van der Waals surface area contributed by atoms with E-state index in [1.54, 1.807) is 0 Å². The standard InChI is InChI=1S/C26H35N3O17/c1-10(30)37-8-17-20(22(40-13(4)33)19(28-29-27)25(44-17)43-16(7)36)46-26-24(42-15(6)35)23(41-14(5)34)21(39-12(3)32)18(45-26)9-38-11(2)31/h17-26H,8-9H2,1-7H3/t17?,18?,19?,20-,21-,22-,23+,24?,25+,26+/m1/s1. The van der Waals surface area contributed by atoms with Crippen LogP contribution >= 0.6 is 0 Å². The van der Waals surface area contributed by atoms with Gasteiger partial charge in [-0.15, -0.1) is 0 Å². The molecular weight excluding hydrogens is 626 g/mol. The van der Waals surface area contributed by atoms with Gasteiger partial charge in [-0.3, -0.25) is 33.6 Å². The fourth-order valence-corrected chi connectivity index (χ4v) is 4.61. The highest BCUT2D eigenvalue weighted by molar-refractivity contribution is 5.69. The predicted octanol–water partition coefficient (Wildman–Crippen LogP) is -0.0836. The molecule has 0 spiro atoms. The summed E-state index contributed by atoms with van der Waals surface area (Å²) < 4.78 is 54.7. The van der Waals surface area contributed by atoms with E-state index in [9.17, 15) is 39.1 Å². The molecule has 0 aromatic rings. The van der Waals surface area contributed by atoms with Crippen LogP contribution in [0.3, 0.4) is 0 Å². The molecule has 20 nitrogen and oxygen atoms in total. The van der Waals surface area contributed by atoms with Gasteiger partial charge >= 0.3 is 41.8 Å². The first-order chi connectivity index (χ1) is 21.5. The lowest BCUT2D eigenvalue weighted by Gasteiger charge is -2.48. The van der Waals surface area contributed by atoms with Crippen LogP contribution in [0.5, 0.6) is 0 Å². The molecule has 4 unspecified atom stereocenters. The van der Waals surface area contributed by atoms with E-state index in [0.29, 0.717) is 0 Å². The van der Waals surface area contributed by atoms with Crippen LogP contribution in [0.15, 0.2) is 5.11 Å². The molecular formula is C26H35N3O17. The largest absolute Gasteiger partial charge is 0.463 e. The molecule has 0 aromatic heterocycles. The van der Waals surface area contributed by atoms with E-state index in [2.05, 4.69) is 10.0 Å². The van der Waals surface area contributed by atoms with Crippen LogP contribution in [-0.2, 0) is 80.9 Å². The summed E-state index contributed by atoms with van der Waals surface area (Å²) in [5.41, 5.74) is 9.27. The quantitative estimate of drug-likeness (QED) is 0.0870. The molecule has 0 amide bonds. The van der Waals surface area contributed by atoms with Crippen molar-refractivity contribution in [2.75, 3.05) is 13.2 Å². The molecule has 2 heterocycles. The third kappa shape index (κ3) is 11.1. The van der Waals surface area contributed by atoms with Gasteiger partial charge in [0.05, 0.1) is 0 Å². The Morgan fingerprint density at radius 2 is 0.957 bits per heavy atom. The van der Waals surface area contributed by atoms with Gasteiger partial charge in [0.15, 0.2) is 24.6 Å². The van der Waals surface area contributed by atoms with Gasteiger partial charge in [0.1, 0.15) is 43.7 Å². The summed E-state index contributed by atoms with van der Waals surface area (Å²) in [5, 5.41) is 3.56. The van der Waals surface area contributed by atoms with Gasteiger partial charge in [0.25, 0.3) is 0 Å². The second-order valence-corrected chi connectivity index (χ2v) is 9.89. The minimum atomic E-state index is -1.82. The monoisotopic (exact) mass is 661 g/mol. The number of rotatable bonds is 12. The molecule has 0 saturated carbocycles. The van der Waals surface area contributed by atoms with Crippen molar-refractivity contribution in [1.82, 2.24) is 0 Å². The Hall–Kier alpha value is -4.52. The molecule has 0 N–H and O–H groups in total. The Bertz CT molecular complexity index is 1220. The number of hydrogen-bond acceptors (Lipinski definition) is 18. The fraction of sp³-hybridized carbons (Fsp3) is 0.731. The fourth-order valence-electron chi connectivity index (χ4n) is 4.61. The summed E-state index contributed by atoms with van der Waals surface area (Å²) >= 11 is 0. The summed E-state index contributed by atoms with van der Waals surface area (Å²) in [6, 6.07) is -1.60. The molecule has 20 heteroatoms. The Kier molecular flexibility index (Phi) is 14.1. The third-order valence-electron chi connectivity index (χ3n) is 6.07. The SMILES string of the molecule is CC(=O)OCC1O[C@H](OC(C)=O)C(N=[N+]=[N-])[C@@H](OC(C)=O)[C@@H]1O[C@@H]1OC(COC(C)=O)[C@@H](OC(C)=O)[C@H](OC(C)=O)C1OC(C)=O. The molecule has 2 rings (SSSR count). The van der Waals surface area contributed by atoms with Crippen molar-refractivity contribution in [2.45, 2.75) is 110 Å². The lowest BCUT2D eigenvalue weighted by molar-refractivity contribution is -0.347. The molecule has 0 aliphatic carbocycles. The van der Waals surface area contributed by atoms with E-state index >= 15 is 0 Å². The molecule has 2 aliphatic rings. The first-order valence-corrected chi connectivity index (χ1v) is 13.7. The molecule has 2 fully saturated rings. The summed E-state index contributed by atoms with van der Waals surface area (Å²) in [5.74, 6) is -6.06. The van der Waals surface area contributed by atoms with Gasteiger partial charge < -0.3 is 47.4 Å².